The number of carboxylic acids is 1. The van der Waals surface area contributed by atoms with E-state index in [9.17, 15) is 14.3 Å². The number of ether oxygens (including phenoxy) is 4. The van der Waals surface area contributed by atoms with E-state index in [2.05, 4.69) is 28.1 Å². The van der Waals surface area contributed by atoms with Crippen molar-refractivity contribution in [2.45, 2.75) is 39.4 Å². The quantitative estimate of drug-likeness (QED) is 0.110. The first kappa shape index (κ1) is 40.2. The highest BCUT2D eigenvalue weighted by atomic mass is 35.5. The Balaban J connectivity index is 1.22. The van der Waals surface area contributed by atoms with Crippen LogP contribution in [0.5, 0.6) is 17.4 Å². The lowest BCUT2D eigenvalue weighted by Crippen LogP contribution is -2.45. The van der Waals surface area contributed by atoms with E-state index >= 15 is 0 Å². The third-order valence-electron chi connectivity index (χ3n) is 10.6. The van der Waals surface area contributed by atoms with E-state index in [0.717, 1.165) is 60.9 Å². The summed E-state index contributed by atoms with van der Waals surface area (Å²) in [5.74, 6) is 0.616. The van der Waals surface area contributed by atoms with Gasteiger partial charge in [-0.3, -0.25) is 9.88 Å². The summed E-state index contributed by atoms with van der Waals surface area (Å²) in [6.07, 6.45) is 0.977. The van der Waals surface area contributed by atoms with Crippen LogP contribution in [0.3, 0.4) is 0 Å². The number of hydrogen-bond acceptors (Lipinski definition) is 10. The molecular weight excluding hydrogens is 767 g/mol. The van der Waals surface area contributed by atoms with Crippen molar-refractivity contribution in [3.05, 3.63) is 118 Å². The Hall–Kier alpha value is -5.01. The molecule has 1 N–H and O–H groups in total. The molecule has 1 unspecified atom stereocenters. The zero-order valence-electron chi connectivity index (χ0n) is 32.5. The number of methoxy groups -OCH3 is 1. The van der Waals surface area contributed by atoms with Crippen LogP contribution in [0.25, 0.3) is 26.9 Å². The lowest BCUT2D eigenvalue weighted by atomic mass is 9.83. The van der Waals surface area contributed by atoms with Crippen LogP contribution in [0.1, 0.15) is 37.0 Å². The topological polar surface area (TPSA) is 106 Å². The van der Waals surface area contributed by atoms with Crippen LogP contribution in [-0.4, -0.2) is 89.8 Å². The molecule has 2 aliphatic rings. The summed E-state index contributed by atoms with van der Waals surface area (Å²) in [7, 11) is 3.75. The Kier molecular flexibility index (Phi) is 12.7. The molecule has 57 heavy (non-hydrogen) atoms. The normalized spacial score (nSPS) is 17.2. The molecule has 1 aliphatic carbocycles. The number of hydrogen-bond donors (Lipinski definition) is 1. The van der Waals surface area contributed by atoms with Gasteiger partial charge in [0.2, 0.25) is 12.0 Å². The van der Waals surface area contributed by atoms with Crippen molar-refractivity contribution in [3.8, 4) is 28.6 Å². The van der Waals surface area contributed by atoms with Gasteiger partial charge in [0.15, 0.2) is 0 Å². The summed E-state index contributed by atoms with van der Waals surface area (Å²) >= 11 is 8.35. The van der Waals surface area contributed by atoms with Crippen LogP contribution in [-0.2, 0) is 22.6 Å². The van der Waals surface area contributed by atoms with E-state index in [1.54, 1.807) is 25.4 Å². The van der Waals surface area contributed by atoms with Gasteiger partial charge in [0.1, 0.15) is 36.3 Å². The second kappa shape index (κ2) is 18.1. The van der Waals surface area contributed by atoms with Crippen molar-refractivity contribution < 1.29 is 33.2 Å². The molecule has 0 bridgehead atoms. The van der Waals surface area contributed by atoms with Gasteiger partial charge in [-0.25, -0.2) is 9.18 Å². The van der Waals surface area contributed by atoms with Crippen LogP contribution in [0.15, 0.2) is 95.4 Å². The van der Waals surface area contributed by atoms with Crippen LogP contribution in [0.2, 0.25) is 0 Å². The van der Waals surface area contributed by atoms with Gasteiger partial charge in [0.05, 0.1) is 27.9 Å². The predicted molar refractivity (Wildman–Crippen MR) is 221 cm³/mol. The third-order valence-corrected chi connectivity index (χ3v) is 11.8. The Morgan fingerprint density at radius 3 is 2.49 bits per heavy atom. The first-order chi connectivity index (χ1) is 27.6. The summed E-state index contributed by atoms with van der Waals surface area (Å²) in [5.41, 5.74) is 5.32. The summed E-state index contributed by atoms with van der Waals surface area (Å²) in [6, 6.07) is 21.1. The SMILES string of the molecule is COc1ccc(COc2ccccc2C[C@@H](Oc2nsc3cnc(-c4ccc(F)cc4)c(C4=C(C)C(Cl)=C(OCCN5CCN(C)CC5)C(C)C4)c23)C(=O)O)cc1. The molecule has 0 amide bonds. The Morgan fingerprint density at radius 2 is 1.77 bits per heavy atom. The molecular formula is C44H46ClFN4O6S. The maximum atomic E-state index is 14.2. The summed E-state index contributed by atoms with van der Waals surface area (Å²) in [5, 5.41) is 11.7. The number of benzene rings is 3. The maximum absolute atomic E-state index is 14.2. The molecule has 3 aromatic carbocycles. The molecule has 7 rings (SSSR count). The summed E-state index contributed by atoms with van der Waals surface area (Å²) in [6.45, 7) is 9.74. The van der Waals surface area contributed by atoms with Crippen molar-refractivity contribution in [2.24, 2.45) is 5.92 Å². The lowest BCUT2D eigenvalue weighted by Gasteiger charge is -2.33. The van der Waals surface area contributed by atoms with Gasteiger partial charge in [0, 0.05) is 62.4 Å². The standard InChI is InChI=1S/C44H46ClFN4O6S/c1-27-23-34(28(2)40(45)42(27)54-22-21-50-19-17-49(3)18-20-50)38-39-37(25-47-41(38)30-11-13-32(46)14-12-30)57-48-43(39)56-36(44(51)52)24-31-7-5-6-8-35(31)55-26-29-9-15-33(53-4)16-10-29/h5-16,25,27,36H,17-24,26H2,1-4H3,(H,51,52)/t27?,36-/m1/s1. The fourth-order valence-electron chi connectivity index (χ4n) is 7.26. The van der Waals surface area contributed by atoms with Crippen molar-refractivity contribution in [1.29, 1.82) is 0 Å². The first-order valence-corrected chi connectivity index (χ1v) is 20.2. The smallest absolute Gasteiger partial charge is 0.345 e. The molecule has 1 aliphatic heterocycles. The van der Waals surface area contributed by atoms with E-state index in [1.807, 2.05) is 55.5 Å². The lowest BCUT2D eigenvalue weighted by molar-refractivity contribution is -0.145. The number of piperazine rings is 1. The second-order valence-corrected chi connectivity index (χ2v) is 15.7. The fourth-order valence-corrected chi connectivity index (χ4v) is 8.31. The number of rotatable bonds is 15. The van der Waals surface area contributed by atoms with Crippen LogP contribution in [0.4, 0.5) is 4.39 Å². The second-order valence-electron chi connectivity index (χ2n) is 14.5. The molecule has 2 atom stereocenters. The average Bonchev–Trinajstić information content (AvgIpc) is 3.63. The van der Waals surface area contributed by atoms with E-state index in [-0.39, 0.29) is 30.6 Å². The van der Waals surface area contributed by atoms with E-state index in [1.165, 1.54) is 23.7 Å². The van der Waals surface area contributed by atoms with Crippen LogP contribution < -0.4 is 14.2 Å². The maximum Gasteiger partial charge on any atom is 0.345 e. The number of carboxylic acid groups (broad SMARTS) is 1. The molecule has 3 heterocycles. The van der Waals surface area contributed by atoms with Gasteiger partial charge in [-0.1, -0.05) is 48.9 Å². The molecule has 2 aromatic heterocycles. The predicted octanol–water partition coefficient (Wildman–Crippen LogP) is 8.69. The van der Waals surface area contributed by atoms with Crippen LogP contribution in [0, 0.1) is 11.7 Å². The minimum Gasteiger partial charge on any atom is -0.497 e. The van der Waals surface area contributed by atoms with Gasteiger partial charge < -0.3 is 29.0 Å². The highest BCUT2D eigenvalue weighted by molar-refractivity contribution is 7.13. The third kappa shape index (κ3) is 9.26. The number of pyridine rings is 1. The summed E-state index contributed by atoms with van der Waals surface area (Å²) in [4.78, 5) is 22.5. The molecule has 298 valence electrons. The average molecular weight is 813 g/mol. The zero-order chi connectivity index (χ0) is 40.1. The minimum absolute atomic E-state index is 0.0144. The molecule has 0 radical (unpaired) electrons. The van der Waals surface area contributed by atoms with E-state index < -0.39 is 12.1 Å². The number of nitrogens with zero attached hydrogens (tertiary/aromatic N) is 4. The number of halogens is 2. The van der Waals surface area contributed by atoms with Crippen molar-refractivity contribution in [1.82, 2.24) is 19.2 Å². The van der Waals surface area contributed by atoms with Gasteiger partial charge in [-0.15, -0.1) is 0 Å². The van der Waals surface area contributed by atoms with Gasteiger partial charge in [-0.05, 0) is 96.7 Å². The summed E-state index contributed by atoms with van der Waals surface area (Å²) < 4.78 is 43.8. The Morgan fingerprint density at radius 1 is 1.04 bits per heavy atom. The van der Waals surface area contributed by atoms with Gasteiger partial charge in [-0.2, -0.15) is 4.37 Å². The number of carbonyl (C=O) groups is 1. The number of fused-ring (bicyclic) bond motifs is 1. The van der Waals surface area contributed by atoms with Crippen molar-refractivity contribution in [3.63, 3.8) is 0 Å². The van der Waals surface area contributed by atoms with Crippen LogP contribution >= 0.6 is 23.1 Å². The number of aromatic nitrogens is 2. The molecule has 10 nitrogen and oxygen atoms in total. The molecule has 0 saturated carbocycles. The molecule has 5 aromatic rings. The molecule has 1 fully saturated rings. The zero-order valence-corrected chi connectivity index (χ0v) is 34.0. The Labute approximate surface area is 341 Å². The number of allylic oxidation sites excluding steroid dienone is 4. The van der Waals surface area contributed by atoms with E-state index in [0.29, 0.717) is 56.3 Å². The Bertz CT molecular complexity index is 2270. The van der Waals surface area contributed by atoms with Crippen molar-refractivity contribution >= 4 is 44.8 Å². The molecule has 1 saturated heterocycles. The molecule has 13 heteroatoms. The first-order valence-electron chi connectivity index (χ1n) is 19.0. The molecule has 0 spiro atoms. The largest absolute Gasteiger partial charge is 0.497 e. The number of aliphatic carboxylic acids is 1. The van der Waals surface area contributed by atoms with E-state index in [4.69, 9.17) is 35.5 Å². The highest BCUT2D eigenvalue weighted by Gasteiger charge is 2.32. The minimum atomic E-state index is -1.31. The van der Waals surface area contributed by atoms with Gasteiger partial charge >= 0.3 is 5.97 Å². The number of para-hydroxylation sites is 1. The monoisotopic (exact) mass is 812 g/mol. The number of likely N-dealkylation sites (N-methyl/N-ethyl adjacent to an activating group) is 1. The van der Waals surface area contributed by atoms with Gasteiger partial charge in [0.25, 0.3) is 0 Å². The fraction of sp³-hybridized carbons (Fsp3) is 0.341. The van der Waals surface area contributed by atoms with Crippen molar-refractivity contribution in [2.75, 3.05) is 53.5 Å². The highest BCUT2D eigenvalue weighted by Crippen LogP contribution is 2.48.